The summed E-state index contributed by atoms with van der Waals surface area (Å²) in [5.41, 5.74) is 2.06. The fourth-order valence-corrected chi connectivity index (χ4v) is 4.83. The Morgan fingerprint density at radius 1 is 1.03 bits per heavy atom. The molecular weight excluding hydrogens is 388 g/mol. The fraction of sp³-hybridized carbons (Fsp3) is 0.409. The molecule has 1 saturated heterocycles. The second-order valence-corrected chi connectivity index (χ2v) is 9.26. The molecule has 0 spiro atoms. The average molecular weight is 417 g/mol. The number of hydrogen-bond donors (Lipinski definition) is 0. The van der Waals surface area contributed by atoms with Gasteiger partial charge in [0.1, 0.15) is 5.75 Å². The van der Waals surface area contributed by atoms with Crippen molar-refractivity contribution < 1.29 is 17.9 Å². The molecule has 0 aliphatic carbocycles. The fourth-order valence-electron chi connectivity index (χ4n) is 3.39. The van der Waals surface area contributed by atoms with Crippen molar-refractivity contribution in [2.45, 2.75) is 38.2 Å². The highest BCUT2D eigenvalue weighted by Crippen LogP contribution is 2.23. The van der Waals surface area contributed by atoms with Gasteiger partial charge in [-0.3, -0.25) is 4.79 Å². The highest BCUT2D eigenvalue weighted by molar-refractivity contribution is 7.89. The number of hydrogen-bond acceptors (Lipinski definition) is 4. The van der Waals surface area contributed by atoms with Crippen molar-refractivity contribution in [1.82, 2.24) is 9.21 Å². The number of aryl methyl sites for hydroxylation is 2. The van der Waals surface area contributed by atoms with Gasteiger partial charge in [-0.25, -0.2) is 8.42 Å². The lowest BCUT2D eigenvalue weighted by atomic mass is 10.1. The first-order chi connectivity index (χ1) is 13.8. The van der Waals surface area contributed by atoms with Crippen LogP contribution in [0.1, 0.15) is 24.5 Å². The van der Waals surface area contributed by atoms with E-state index in [0.29, 0.717) is 19.5 Å². The molecule has 7 heteroatoms. The van der Waals surface area contributed by atoms with Crippen LogP contribution in [-0.4, -0.2) is 55.8 Å². The molecule has 1 amide bonds. The molecule has 1 atom stereocenters. The second kappa shape index (κ2) is 8.97. The van der Waals surface area contributed by atoms with Gasteiger partial charge >= 0.3 is 0 Å². The number of piperazine rings is 1. The summed E-state index contributed by atoms with van der Waals surface area (Å²) in [7, 11) is -3.53. The van der Waals surface area contributed by atoms with Crippen LogP contribution in [0.3, 0.4) is 0 Å². The Morgan fingerprint density at radius 2 is 1.69 bits per heavy atom. The quantitative estimate of drug-likeness (QED) is 0.726. The second-order valence-electron chi connectivity index (χ2n) is 7.33. The van der Waals surface area contributed by atoms with E-state index in [9.17, 15) is 13.2 Å². The molecule has 1 aliphatic heterocycles. The zero-order chi connectivity index (χ0) is 21.0. The molecule has 0 aromatic heterocycles. The van der Waals surface area contributed by atoms with Gasteiger partial charge in [-0.05, 0) is 49.6 Å². The van der Waals surface area contributed by atoms with Crippen LogP contribution in [0.25, 0.3) is 0 Å². The summed E-state index contributed by atoms with van der Waals surface area (Å²) in [6, 6.07) is 14.3. The standard InChI is InChI=1S/C22H28N2O4S/c1-4-20(28-21-16-17(2)10-11-18(21)3)22(25)23-12-14-24(15-13-23)29(26,27)19-8-6-5-7-9-19/h5-11,16,20H,4,12-15H2,1-3H3. The highest BCUT2D eigenvalue weighted by Gasteiger charge is 2.32. The van der Waals surface area contributed by atoms with Gasteiger partial charge in [0.05, 0.1) is 4.90 Å². The summed E-state index contributed by atoms with van der Waals surface area (Å²) >= 11 is 0. The van der Waals surface area contributed by atoms with Crippen LogP contribution in [0.5, 0.6) is 5.75 Å². The molecule has 1 heterocycles. The van der Waals surface area contributed by atoms with E-state index < -0.39 is 16.1 Å². The summed E-state index contributed by atoms with van der Waals surface area (Å²) in [6.07, 6.45) is -0.0258. The highest BCUT2D eigenvalue weighted by atomic mass is 32.2. The van der Waals surface area contributed by atoms with Gasteiger partial charge in [0.2, 0.25) is 10.0 Å². The third-order valence-electron chi connectivity index (χ3n) is 5.19. The van der Waals surface area contributed by atoms with Gasteiger partial charge in [-0.15, -0.1) is 0 Å². The van der Waals surface area contributed by atoms with Crippen LogP contribution >= 0.6 is 0 Å². The lowest BCUT2D eigenvalue weighted by molar-refractivity contribution is -0.140. The van der Waals surface area contributed by atoms with Crippen LogP contribution in [0.2, 0.25) is 0 Å². The first kappa shape index (κ1) is 21.3. The molecule has 2 aromatic rings. The van der Waals surface area contributed by atoms with Gasteiger partial charge in [0.25, 0.3) is 5.91 Å². The Bertz CT molecular complexity index is 952. The molecule has 2 aromatic carbocycles. The Balaban J connectivity index is 1.65. The van der Waals surface area contributed by atoms with Crippen molar-refractivity contribution in [1.29, 1.82) is 0 Å². The van der Waals surface area contributed by atoms with Crippen molar-refractivity contribution in [2.75, 3.05) is 26.2 Å². The topological polar surface area (TPSA) is 66.9 Å². The monoisotopic (exact) mass is 416 g/mol. The van der Waals surface area contributed by atoms with E-state index in [-0.39, 0.29) is 23.9 Å². The maximum Gasteiger partial charge on any atom is 0.263 e. The number of carbonyl (C=O) groups is 1. The van der Waals surface area contributed by atoms with Crippen molar-refractivity contribution in [3.8, 4) is 5.75 Å². The van der Waals surface area contributed by atoms with Crippen LogP contribution in [-0.2, 0) is 14.8 Å². The van der Waals surface area contributed by atoms with E-state index >= 15 is 0 Å². The smallest absolute Gasteiger partial charge is 0.263 e. The van der Waals surface area contributed by atoms with Gasteiger partial charge in [0.15, 0.2) is 6.10 Å². The molecule has 0 N–H and O–H groups in total. The Kier molecular flexibility index (Phi) is 6.59. The molecule has 0 bridgehead atoms. The molecule has 3 rings (SSSR count). The average Bonchev–Trinajstić information content (AvgIpc) is 2.74. The Labute approximate surface area is 173 Å². The predicted molar refractivity (Wildman–Crippen MR) is 112 cm³/mol. The number of sulfonamides is 1. The largest absolute Gasteiger partial charge is 0.480 e. The molecule has 1 aliphatic rings. The number of amides is 1. The number of benzene rings is 2. The lowest BCUT2D eigenvalue weighted by Gasteiger charge is -2.35. The molecule has 1 fully saturated rings. The number of ether oxygens (including phenoxy) is 1. The Morgan fingerprint density at radius 3 is 2.31 bits per heavy atom. The van der Waals surface area contributed by atoms with Crippen LogP contribution in [0.4, 0.5) is 0 Å². The van der Waals surface area contributed by atoms with Gasteiger partial charge in [-0.1, -0.05) is 37.3 Å². The molecule has 6 nitrogen and oxygen atoms in total. The van der Waals surface area contributed by atoms with E-state index in [1.165, 1.54) is 4.31 Å². The van der Waals surface area contributed by atoms with E-state index in [1.54, 1.807) is 35.2 Å². The zero-order valence-corrected chi connectivity index (χ0v) is 18.0. The van der Waals surface area contributed by atoms with Gasteiger partial charge < -0.3 is 9.64 Å². The molecule has 0 radical (unpaired) electrons. The maximum atomic E-state index is 13.0. The number of rotatable bonds is 6. The summed E-state index contributed by atoms with van der Waals surface area (Å²) in [4.78, 5) is 15.0. The van der Waals surface area contributed by atoms with Crippen molar-refractivity contribution in [2.24, 2.45) is 0 Å². The van der Waals surface area contributed by atoms with Crippen molar-refractivity contribution in [3.63, 3.8) is 0 Å². The number of nitrogens with zero attached hydrogens (tertiary/aromatic N) is 2. The predicted octanol–water partition coefficient (Wildman–Crippen LogP) is 2.99. The van der Waals surface area contributed by atoms with Gasteiger partial charge in [0, 0.05) is 26.2 Å². The SMILES string of the molecule is CCC(Oc1cc(C)ccc1C)C(=O)N1CCN(S(=O)(=O)c2ccccc2)CC1. The summed E-state index contributed by atoms with van der Waals surface area (Å²) < 4.78 is 33.0. The van der Waals surface area contributed by atoms with Crippen molar-refractivity contribution >= 4 is 15.9 Å². The van der Waals surface area contributed by atoms with Gasteiger partial charge in [-0.2, -0.15) is 4.31 Å². The third-order valence-corrected chi connectivity index (χ3v) is 7.10. The Hall–Kier alpha value is -2.38. The van der Waals surface area contributed by atoms with Crippen LogP contribution in [0, 0.1) is 13.8 Å². The van der Waals surface area contributed by atoms with E-state index in [4.69, 9.17) is 4.74 Å². The third kappa shape index (κ3) is 4.79. The van der Waals surface area contributed by atoms with Crippen LogP contribution in [0.15, 0.2) is 53.4 Å². The molecule has 0 saturated carbocycles. The first-order valence-corrected chi connectivity index (χ1v) is 11.3. The van der Waals surface area contributed by atoms with E-state index in [0.717, 1.165) is 16.9 Å². The zero-order valence-electron chi connectivity index (χ0n) is 17.2. The summed E-state index contributed by atoms with van der Waals surface area (Å²) in [5, 5.41) is 0. The molecule has 29 heavy (non-hydrogen) atoms. The number of carbonyl (C=O) groups excluding carboxylic acids is 1. The molecule has 156 valence electrons. The molecular formula is C22H28N2O4S. The van der Waals surface area contributed by atoms with E-state index in [2.05, 4.69) is 0 Å². The minimum absolute atomic E-state index is 0.0924. The minimum Gasteiger partial charge on any atom is -0.480 e. The van der Waals surface area contributed by atoms with Crippen LogP contribution < -0.4 is 4.74 Å². The summed E-state index contributed by atoms with van der Waals surface area (Å²) in [5.74, 6) is 0.626. The maximum absolute atomic E-state index is 13.0. The van der Waals surface area contributed by atoms with E-state index in [1.807, 2.05) is 39.0 Å². The normalized spacial score (nSPS) is 16.4. The lowest BCUT2D eigenvalue weighted by Crippen LogP contribution is -2.53. The van der Waals surface area contributed by atoms with Crippen molar-refractivity contribution in [3.05, 3.63) is 59.7 Å². The first-order valence-electron chi connectivity index (χ1n) is 9.91. The summed E-state index contributed by atoms with van der Waals surface area (Å²) in [6.45, 7) is 7.14. The molecule has 1 unspecified atom stereocenters. The minimum atomic E-state index is -3.53.